The molecule has 0 atom stereocenters. The molecule has 9 nitrogen and oxygen atoms in total. The smallest absolute Gasteiger partial charge is 0.329 e. The number of piperidine rings is 1. The molecule has 3 rings (SSSR count). The number of aromatic amines is 1. The van der Waals surface area contributed by atoms with Gasteiger partial charge in [-0.15, -0.1) is 0 Å². The molecule has 1 amide bonds. The quantitative estimate of drug-likeness (QED) is 0.298. The van der Waals surface area contributed by atoms with Crippen LogP contribution in [0.3, 0.4) is 0 Å². The highest BCUT2D eigenvalue weighted by Gasteiger charge is 2.27. The molecule has 1 aliphatic heterocycles. The predicted octanol–water partition coefficient (Wildman–Crippen LogP) is 4.61. The Morgan fingerprint density at radius 1 is 0.892 bits per heavy atom. The van der Waals surface area contributed by atoms with Crippen LogP contribution in [0.5, 0.6) is 0 Å². The minimum absolute atomic E-state index is 0.118. The molecule has 1 fully saturated rings. The third kappa shape index (κ3) is 8.20. The van der Waals surface area contributed by atoms with Crippen LogP contribution in [0.4, 0.5) is 5.95 Å². The van der Waals surface area contributed by atoms with Crippen LogP contribution < -0.4 is 21.9 Å². The first-order valence-electron chi connectivity index (χ1n) is 14.7. The molecule has 2 aromatic heterocycles. The number of fused-ring (bicyclic) bond motifs is 1. The second-order valence-corrected chi connectivity index (χ2v) is 10.8. The Hall–Kier alpha value is -2.58. The predicted molar refractivity (Wildman–Crippen MR) is 150 cm³/mol. The van der Waals surface area contributed by atoms with E-state index < -0.39 is 11.2 Å². The van der Waals surface area contributed by atoms with Gasteiger partial charge < -0.3 is 15.2 Å². The topological polar surface area (TPSA) is 119 Å². The number of nitrogens with one attached hydrogen (secondary N) is 1. The number of carbonyl (C=O) groups excluding carboxylic acids is 1. The summed E-state index contributed by atoms with van der Waals surface area (Å²) in [6.45, 7) is 4.25. The van der Waals surface area contributed by atoms with Crippen LogP contribution in [0.25, 0.3) is 11.2 Å². The highest BCUT2D eigenvalue weighted by atomic mass is 16.2. The molecule has 0 saturated carbocycles. The van der Waals surface area contributed by atoms with Crippen LogP contribution in [0.2, 0.25) is 0 Å². The molecule has 37 heavy (non-hydrogen) atoms. The Kier molecular flexibility index (Phi) is 11.7. The summed E-state index contributed by atoms with van der Waals surface area (Å²) in [7, 11) is 1.63. The van der Waals surface area contributed by atoms with Crippen LogP contribution in [0.15, 0.2) is 9.59 Å². The lowest BCUT2D eigenvalue weighted by atomic mass is 9.96. The molecule has 1 aliphatic rings. The Labute approximate surface area is 220 Å². The second kappa shape index (κ2) is 15.0. The van der Waals surface area contributed by atoms with E-state index in [9.17, 15) is 14.4 Å². The summed E-state index contributed by atoms with van der Waals surface area (Å²) in [6.07, 6.45) is 19.5. The van der Waals surface area contributed by atoms with Gasteiger partial charge in [0.1, 0.15) is 0 Å². The Morgan fingerprint density at radius 2 is 1.41 bits per heavy atom. The number of aryl methyl sites for hydroxylation is 2. The molecule has 2 aromatic rings. The van der Waals surface area contributed by atoms with Gasteiger partial charge in [0.05, 0.1) is 0 Å². The summed E-state index contributed by atoms with van der Waals surface area (Å²) in [5, 5.41) is 0. The van der Waals surface area contributed by atoms with Crippen LogP contribution in [-0.2, 0) is 18.4 Å². The van der Waals surface area contributed by atoms with Gasteiger partial charge in [0, 0.05) is 32.6 Å². The SMILES string of the molecule is CCCCCCCCCCCCCCCCn1c(N2CCC(C(N)=O)CC2)nc2c1c(=O)[nH]c(=O)n2C. The highest BCUT2D eigenvalue weighted by molar-refractivity contribution is 5.77. The number of anilines is 1. The first-order valence-corrected chi connectivity index (χ1v) is 14.7. The Bertz CT molecular complexity index is 1090. The summed E-state index contributed by atoms with van der Waals surface area (Å²) in [4.78, 5) is 45.8. The number of hydrogen-bond acceptors (Lipinski definition) is 5. The van der Waals surface area contributed by atoms with Crippen LogP contribution in [0.1, 0.15) is 110 Å². The van der Waals surface area contributed by atoms with Crippen molar-refractivity contribution in [1.82, 2.24) is 19.1 Å². The van der Waals surface area contributed by atoms with E-state index in [4.69, 9.17) is 10.7 Å². The Morgan fingerprint density at radius 3 is 1.92 bits per heavy atom. The van der Waals surface area contributed by atoms with Gasteiger partial charge in [0.15, 0.2) is 11.2 Å². The standard InChI is InChI=1S/C28H48N6O3/c1-3-4-5-6-7-8-9-10-11-12-13-14-15-16-19-34-23-25(32(2)28(37)31-26(23)36)30-27(34)33-20-17-22(18-21-33)24(29)35/h22H,3-21H2,1-2H3,(H2,29,35)(H,31,36,37). The maximum atomic E-state index is 12.7. The number of imidazole rings is 1. The molecule has 0 unspecified atom stereocenters. The number of primary amides is 1. The minimum atomic E-state index is -0.461. The van der Waals surface area contributed by atoms with Crippen molar-refractivity contribution in [1.29, 1.82) is 0 Å². The van der Waals surface area contributed by atoms with Gasteiger partial charge in [-0.2, -0.15) is 4.98 Å². The summed E-state index contributed by atoms with van der Waals surface area (Å²) in [5.41, 5.74) is 5.50. The van der Waals surface area contributed by atoms with Gasteiger partial charge in [-0.05, 0) is 19.3 Å². The van der Waals surface area contributed by atoms with E-state index in [2.05, 4.69) is 16.8 Å². The van der Waals surface area contributed by atoms with Crippen LogP contribution >= 0.6 is 0 Å². The molecular weight excluding hydrogens is 468 g/mol. The average Bonchev–Trinajstić information content (AvgIpc) is 3.27. The van der Waals surface area contributed by atoms with Crippen molar-refractivity contribution >= 4 is 23.0 Å². The number of rotatable bonds is 17. The molecular formula is C28H48N6O3. The van der Waals surface area contributed by atoms with Crippen molar-refractivity contribution < 1.29 is 4.79 Å². The van der Waals surface area contributed by atoms with Crippen LogP contribution in [-0.4, -0.2) is 38.1 Å². The van der Waals surface area contributed by atoms with Crippen molar-refractivity contribution in [2.24, 2.45) is 18.7 Å². The number of unbranched alkanes of at least 4 members (excludes halogenated alkanes) is 13. The fraction of sp³-hybridized carbons (Fsp3) is 0.786. The van der Waals surface area contributed by atoms with Gasteiger partial charge in [-0.25, -0.2) is 4.79 Å². The Balaban J connectivity index is 1.48. The molecule has 0 bridgehead atoms. The molecule has 1 saturated heterocycles. The summed E-state index contributed by atoms with van der Waals surface area (Å²) in [6, 6.07) is 0. The van der Waals surface area contributed by atoms with Crippen molar-refractivity contribution in [3.63, 3.8) is 0 Å². The largest absolute Gasteiger partial charge is 0.369 e. The van der Waals surface area contributed by atoms with E-state index in [-0.39, 0.29) is 11.8 Å². The van der Waals surface area contributed by atoms with Crippen molar-refractivity contribution in [2.45, 2.75) is 116 Å². The van der Waals surface area contributed by atoms with E-state index >= 15 is 0 Å². The highest BCUT2D eigenvalue weighted by Crippen LogP contribution is 2.26. The number of nitrogens with zero attached hydrogens (tertiary/aromatic N) is 4. The summed E-state index contributed by atoms with van der Waals surface area (Å²) < 4.78 is 3.37. The first-order chi connectivity index (χ1) is 17.9. The van der Waals surface area contributed by atoms with Gasteiger partial charge in [0.2, 0.25) is 11.9 Å². The third-order valence-electron chi connectivity index (χ3n) is 7.90. The zero-order valence-electron chi connectivity index (χ0n) is 23.1. The number of H-pyrrole nitrogens is 1. The van der Waals surface area contributed by atoms with E-state index in [0.29, 0.717) is 49.6 Å². The fourth-order valence-corrected chi connectivity index (χ4v) is 5.50. The van der Waals surface area contributed by atoms with Crippen molar-refractivity contribution in [3.05, 3.63) is 20.8 Å². The third-order valence-corrected chi connectivity index (χ3v) is 7.90. The molecule has 0 aromatic carbocycles. The molecule has 208 valence electrons. The van der Waals surface area contributed by atoms with Gasteiger partial charge >= 0.3 is 5.69 Å². The second-order valence-electron chi connectivity index (χ2n) is 10.8. The van der Waals surface area contributed by atoms with Gasteiger partial charge in [-0.1, -0.05) is 90.4 Å². The maximum absolute atomic E-state index is 12.7. The fourth-order valence-electron chi connectivity index (χ4n) is 5.50. The van der Waals surface area contributed by atoms with E-state index in [0.717, 1.165) is 12.8 Å². The van der Waals surface area contributed by atoms with E-state index in [1.165, 1.54) is 81.6 Å². The molecule has 0 radical (unpaired) electrons. The molecule has 9 heteroatoms. The normalized spacial score (nSPS) is 14.6. The van der Waals surface area contributed by atoms with Gasteiger partial charge in [-0.3, -0.25) is 19.1 Å². The van der Waals surface area contributed by atoms with E-state index in [1.807, 2.05) is 4.57 Å². The van der Waals surface area contributed by atoms with Crippen LogP contribution in [0, 0.1) is 5.92 Å². The lowest BCUT2D eigenvalue weighted by Crippen LogP contribution is -2.39. The zero-order chi connectivity index (χ0) is 26.6. The molecule has 3 heterocycles. The van der Waals surface area contributed by atoms with Gasteiger partial charge in [0.25, 0.3) is 5.56 Å². The number of hydrogen-bond donors (Lipinski definition) is 2. The minimum Gasteiger partial charge on any atom is -0.369 e. The maximum Gasteiger partial charge on any atom is 0.329 e. The lowest BCUT2D eigenvalue weighted by Gasteiger charge is -2.31. The number of amides is 1. The monoisotopic (exact) mass is 516 g/mol. The molecule has 0 spiro atoms. The number of nitrogens with two attached hydrogens (primary N) is 1. The summed E-state index contributed by atoms with van der Waals surface area (Å²) in [5.74, 6) is 0.335. The van der Waals surface area contributed by atoms with Crippen molar-refractivity contribution in [2.75, 3.05) is 18.0 Å². The molecule has 0 aliphatic carbocycles. The average molecular weight is 517 g/mol. The zero-order valence-corrected chi connectivity index (χ0v) is 23.1. The summed E-state index contributed by atoms with van der Waals surface area (Å²) >= 11 is 0. The number of aromatic nitrogens is 4. The first kappa shape index (κ1) is 29.0. The number of carbonyl (C=O) groups is 1. The van der Waals surface area contributed by atoms with Crippen molar-refractivity contribution in [3.8, 4) is 0 Å². The van der Waals surface area contributed by atoms with E-state index in [1.54, 1.807) is 7.05 Å². The molecule has 3 N–H and O–H groups in total. The lowest BCUT2D eigenvalue weighted by molar-refractivity contribution is -0.122.